The Labute approximate surface area is 165 Å². The van der Waals surface area contributed by atoms with Gasteiger partial charge in [-0.25, -0.2) is 4.79 Å². The normalized spacial score (nSPS) is 21.5. The van der Waals surface area contributed by atoms with Crippen molar-refractivity contribution >= 4 is 11.8 Å². The second-order valence-corrected chi connectivity index (χ2v) is 8.21. The van der Waals surface area contributed by atoms with Crippen molar-refractivity contribution < 1.29 is 19.1 Å². The minimum absolute atomic E-state index is 0.00995. The van der Waals surface area contributed by atoms with Gasteiger partial charge in [0.2, 0.25) is 5.88 Å². The molecule has 28 heavy (non-hydrogen) atoms. The van der Waals surface area contributed by atoms with E-state index in [1.54, 1.807) is 6.92 Å². The molecule has 0 spiro atoms. The third-order valence-corrected chi connectivity index (χ3v) is 5.48. The quantitative estimate of drug-likeness (QED) is 0.798. The Morgan fingerprint density at radius 2 is 2.00 bits per heavy atom. The molecular weight excluding hydrogens is 358 g/mol. The summed E-state index contributed by atoms with van der Waals surface area (Å²) >= 11 is 0. The van der Waals surface area contributed by atoms with Gasteiger partial charge >= 0.3 is 5.97 Å². The number of esters is 1. The highest BCUT2D eigenvalue weighted by molar-refractivity contribution is 6.03. The second-order valence-electron chi connectivity index (χ2n) is 8.21. The number of ketones is 1. The number of hydrogen-bond acceptors (Lipinski definition) is 6. The summed E-state index contributed by atoms with van der Waals surface area (Å²) in [6.45, 7) is 12.5. The van der Waals surface area contributed by atoms with E-state index in [9.17, 15) is 9.59 Å². The first-order valence-electron chi connectivity index (χ1n) is 9.76. The summed E-state index contributed by atoms with van der Waals surface area (Å²) in [5.74, 6) is -0.631. The number of allylic oxidation sites excluding steroid dienone is 2. The molecule has 1 aliphatic heterocycles. The number of aryl methyl sites for hydroxylation is 2. The molecule has 3 rings (SSSR count). The number of carbonyl (C=O) groups excluding carboxylic acids is 2. The van der Waals surface area contributed by atoms with Crippen LogP contribution < -0.4 is 5.73 Å². The van der Waals surface area contributed by atoms with Gasteiger partial charge in [0.1, 0.15) is 11.3 Å². The monoisotopic (exact) mass is 387 g/mol. The highest BCUT2D eigenvalue weighted by atomic mass is 16.5. The van der Waals surface area contributed by atoms with Crippen LogP contribution in [-0.2, 0) is 25.6 Å². The lowest BCUT2D eigenvalue weighted by atomic mass is 9.70. The zero-order chi connectivity index (χ0) is 20.8. The molecule has 0 saturated heterocycles. The molecule has 1 aromatic heterocycles. The summed E-state index contributed by atoms with van der Waals surface area (Å²) in [7, 11) is 0. The van der Waals surface area contributed by atoms with Gasteiger partial charge in [-0.05, 0) is 33.1 Å². The Hall–Kier alpha value is -2.57. The van der Waals surface area contributed by atoms with E-state index in [-0.39, 0.29) is 29.3 Å². The molecular formula is C21H29N3O4. The van der Waals surface area contributed by atoms with Gasteiger partial charge in [-0.15, -0.1) is 0 Å². The lowest BCUT2D eigenvalue weighted by Crippen LogP contribution is -2.36. The number of nitrogens with two attached hydrogens (primary N) is 1. The Morgan fingerprint density at radius 1 is 1.32 bits per heavy atom. The number of carbonyl (C=O) groups is 2. The predicted molar refractivity (Wildman–Crippen MR) is 104 cm³/mol. The van der Waals surface area contributed by atoms with Gasteiger partial charge in [0, 0.05) is 36.2 Å². The zero-order valence-electron chi connectivity index (χ0n) is 17.5. The van der Waals surface area contributed by atoms with Gasteiger partial charge in [-0.1, -0.05) is 13.8 Å². The number of aromatic nitrogens is 2. The Kier molecular flexibility index (Phi) is 5.12. The Bertz CT molecular complexity index is 905. The second kappa shape index (κ2) is 7.11. The summed E-state index contributed by atoms with van der Waals surface area (Å²) < 4.78 is 13.0. The van der Waals surface area contributed by atoms with Crippen LogP contribution in [0.4, 0.5) is 0 Å². The highest BCUT2D eigenvalue weighted by Gasteiger charge is 2.46. The topological polar surface area (TPSA) is 96.4 Å². The first-order chi connectivity index (χ1) is 13.1. The molecule has 152 valence electrons. The molecule has 2 N–H and O–H groups in total. The van der Waals surface area contributed by atoms with E-state index in [1.807, 2.05) is 39.3 Å². The maximum Gasteiger partial charge on any atom is 0.340 e. The molecule has 7 heteroatoms. The third kappa shape index (κ3) is 3.23. The predicted octanol–water partition coefficient (Wildman–Crippen LogP) is 3.01. The molecule has 0 unspecified atom stereocenters. The van der Waals surface area contributed by atoms with Gasteiger partial charge in [-0.3, -0.25) is 9.48 Å². The van der Waals surface area contributed by atoms with Crippen LogP contribution in [-0.4, -0.2) is 28.1 Å². The van der Waals surface area contributed by atoms with Crippen molar-refractivity contribution in [3.05, 3.63) is 39.7 Å². The van der Waals surface area contributed by atoms with E-state index in [4.69, 9.17) is 15.2 Å². The van der Waals surface area contributed by atoms with Crippen LogP contribution in [0.5, 0.6) is 0 Å². The number of hydrogen-bond donors (Lipinski definition) is 1. The van der Waals surface area contributed by atoms with E-state index in [0.29, 0.717) is 30.7 Å². The van der Waals surface area contributed by atoms with Crippen LogP contribution in [0.15, 0.2) is 22.8 Å². The maximum absolute atomic E-state index is 13.2. The van der Waals surface area contributed by atoms with Gasteiger partial charge < -0.3 is 15.2 Å². The van der Waals surface area contributed by atoms with Crippen molar-refractivity contribution in [2.24, 2.45) is 11.1 Å². The number of Topliss-reactive ketones (excluding diaryl/α,β-unsaturated/α-hetero) is 1. The van der Waals surface area contributed by atoms with E-state index in [0.717, 1.165) is 17.0 Å². The molecule has 0 saturated carbocycles. The molecule has 0 amide bonds. The maximum atomic E-state index is 13.2. The molecule has 0 bridgehead atoms. The average Bonchev–Trinajstić information content (AvgIpc) is 2.86. The van der Waals surface area contributed by atoms with E-state index in [1.165, 1.54) is 0 Å². The number of ether oxygens (including phenoxy) is 2. The van der Waals surface area contributed by atoms with E-state index >= 15 is 0 Å². The summed E-state index contributed by atoms with van der Waals surface area (Å²) in [6, 6.07) is 0. The summed E-state index contributed by atoms with van der Waals surface area (Å²) in [4.78, 5) is 26.0. The average molecular weight is 387 g/mol. The fraction of sp³-hybridized carbons (Fsp3) is 0.571. The van der Waals surface area contributed by atoms with Crippen LogP contribution in [0, 0.1) is 19.3 Å². The molecule has 1 aromatic rings. The Balaban J connectivity index is 2.26. The minimum Gasteiger partial charge on any atom is -0.462 e. The lowest BCUT2D eigenvalue weighted by Gasteiger charge is -2.38. The lowest BCUT2D eigenvalue weighted by molar-refractivity contribution is -0.139. The van der Waals surface area contributed by atoms with E-state index in [2.05, 4.69) is 5.10 Å². The standard InChI is InChI=1S/C21H29N3O4/c1-7-24-12(4)15(11(3)23-24)17-16-13(25)9-21(5,6)10-14(16)28-19(22)18(17)20(26)27-8-2/h17H,7-10,22H2,1-6H3/t17-/m0/s1. The van der Waals surface area contributed by atoms with Gasteiger partial charge in [0.25, 0.3) is 0 Å². The molecule has 2 heterocycles. The molecule has 1 atom stereocenters. The molecule has 0 radical (unpaired) electrons. The smallest absolute Gasteiger partial charge is 0.340 e. The van der Waals surface area contributed by atoms with Crippen LogP contribution in [0.3, 0.4) is 0 Å². The fourth-order valence-electron chi connectivity index (χ4n) is 4.32. The summed E-state index contributed by atoms with van der Waals surface area (Å²) in [6.07, 6.45) is 0.975. The zero-order valence-corrected chi connectivity index (χ0v) is 17.5. The van der Waals surface area contributed by atoms with Crippen LogP contribution in [0.1, 0.15) is 63.4 Å². The van der Waals surface area contributed by atoms with Crippen molar-refractivity contribution in [3.63, 3.8) is 0 Å². The van der Waals surface area contributed by atoms with Crippen molar-refractivity contribution in [1.29, 1.82) is 0 Å². The fourth-order valence-corrected chi connectivity index (χ4v) is 4.32. The summed E-state index contributed by atoms with van der Waals surface area (Å²) in [5, 5.41) is 4.59. The number of rotatable bonds is 4. The molecule has 0 fully saturated rings. The number of nitrogens with zero attached hydrogens (tertiary/aromatic N) is 2. The molecule has 1 aliphatic carbocycles. The minimum atomic E-state index is -0.619. The SMILES string of the molecule is CCOC(=O)C1=C(N)OC2=C(C(=O)CC(C)(C)C2)[C@@H]1c1c(C)nn(CC)c1C. The van der Waals surface area contributed by atoms with Gasteiger partial charge in [0.15, 0.2) is 5.78 Å². The van der Waals surface area contributed by atoms with Crippen LogP contribution >= 0.6 is 0 Å². The van der Waals surface area contributed by atoms with Gasteiger partial charge in [-0.2, -0.15) is 5.10 Å². The molecule has 0 aromatic carbocycles. The largest absolute Gasteiger partial charge is 0.462 e. The Morgan fingerprint density at radius 3 is 2.57 bits per heavy atom. The van der Waals surface area contributed by atoms with Gasteiger partial charge in [0.05, 0.1) is 18.2 Å². The third-order valence-electron chi connectivity index (χ3n) is 5.48. The first kappa shape index (κ1) is 20.2. The van der Waals surface area contributed by atoms with Crippen LogP contribution in [0.2, 0.25) is 0 Å². The van der Waals surface area contributed by atoms with Crippen LogP contribution in [0.25, 0.3) is 0 Å². The highest BCUT2D eigenvalue weighted by Crippen LogP contribution is 2.49. The summed E-state index contributed by atoms with van der Waals surface area (Å²) in [5.41, 5.74) is 9.19. The molecule has 7 nitrogen and oxygen atoms in total. The van der Waals surface area contributed by atoms with Crippen molar-refractivity contribution in [1.82, 2.24) is 9.78 Å². The molecule has 2 aliphatic rings. The first-order valence-corrected chi connectivity index (χ1v) is 9.76. The van der Waals surface area contributed by atoms with Crippen molar-refractivity contribution in [3.8, 4) is 0 Å². The van der Waals surface area contributed by atoms with Crippen molar-refractivity contribution in [2.45, 2.75) is 66.8 Å². The van der Waals surface area contributed by atoms with E-state index < -0.39 is 11.9 Å². The van der Waals surface area contributed by atoms with Crippen molar-refractivity contribution in [2.75, 3.05) is 6.61 Å².